The third kappa shape index (κ3) is 2.96. The van der Waals surface area contributed by atoms with Crippen LogP contribution >= 0.6 is 22.9 Å². The number of nitrogens with zero attached hydrogens (tertiary/aromatic N) is 3. The summed E-state index contributed by atoms with van der Waals surface area (Å²) in [5.41, 5.74) is 1.77. The van der Waals surface area contributed by atoms with Gasteiger partial charge in [-0.3, -0.25) is 4.79 Å². The highest BCUT2D eigenvalue weighted by atomic mass is 35.5. The number of halogens is 1. The van der Waals surface area contributed by atoms with Crippen molar-refractivity contribution >= 4 is 40.0 Å². The molecule has 1 atom stereocenters. The number of thiophene rings is 1. The molecule has 0 bridgehead atoms. The molecule has 0 aliphatic heterocycles. The molecule has 3 heterocycles. The normalized spacial score (nSPS) is 12.5. The van der Waals surface area contributed by atoms with Gasteiger partial charge in [0.1, 0.15) is 11.6 Å². The number of aliphatic hydroxyl groups is 1. The Balaban J connectivity index is 1.68. The van der Waals surface area contributed by atoms with Gasteiger partial charge in [0.25, 0.3) is 5.91 Å². The highest BCUT2D eigenvalue weighted by molar-refractivity contribution is 7.16. The van der Waals surface area contributed by atoms with Crippen LogP contribution in [0.1, 0.15) is 21.3 Å². The molecule has 0 aliphatic rings. The molecule has 2 N–H and O–H groups in total. The molecule has 0 radical (unpaired) electrons. The van der Waals surface area contributed by atoms with Gasteiger partial charge in [0.2, 0.25) is 0 Å². The van der Waals surface area contributed by atoms with Crippen LogP contribution in [0.2, 0.25) is 4.34 Å². The van der Waals surface area contributed by atoms with Crippen LogP contribution in [0.3, 0.4) is 0 Å². The second-order valence-electron chi connectivity index (χ2n) is 4.79. The molecule has 6 nitrogen and oxygen atoms in total. The van der Waals surface area contributed by atoms with E-state index in [9.17, 15) is 9.90 Å². The topological polar surface area (TPSA) is 80.0 Å². The van der Waals surface area contributed by atoms with E-state index in [1.165, 1.54) is 17.5 Å². The molecule has 3 rings (SSSR count). The van der Waals surface area contributed by atoms with Crippen LogP contribution in [-0.4, -0.2) is 32.1 Å². The zero-order valence-corrected chi connectivity index (χ0v) is 13.2. The minimum atomic E-state index is -0.784. The summed E-state index contributed by atoms with van der Waals surface area (Å²) in [7, 11) is 1.84. The summed E-state index contributed by atoms with van der Waals surface area (Å²) >= 11 is 7.11. The van der Waals surface area contributed by atoms with Gasteiger partial charge >= 0.3 is 0 Å². The Morgan fingerprint density at radius 1 is 1.50 bits per heavy atom. The molecule has 22 heavy (non-hydrogen) atoms. The number of hydrogen-bond acceptors (Lipinski definition) is 5. The van der Waals surface area contributed by atoms with Crippen molar-refractivity contribution in [2.45, 2.75) is 6.10 Å². The Kier molecular flexibility index (Phi) is 4.10. The summed E-state index contributed by atoms with van der Waals surface area (Å²) < 4.78 is 2.38. The SMILES string of the molecule is Cn1cnc2cc(C(=O)NCC(O)c3ccc(Cl)s3)cnc21. The smallest absolute Gasteiger partial charge is 0.253 e. The van der Waals surface area contributed by atoms with E-state index < -0.39 is 6.10 Å². The molecule has 0 spiro atoms. The number of hydrogen-bond donors (Lipinski definition) is 2. The van der Waals surface area contributed by atoms with E-state index in [2.05, 4.69) is 15.3 Å². The van der Waals surface area contributed by atoms with Gasteiger partial charge in [-0.25, -0.2) is 9.97 Å². The standard InChI is InChI=1S/C14H13ClN4O2S/c1-19-7-18-9-4-8(5-16-13(9)19)14(21)17-6-10(20)11-2-3-12(15)22-11/h2-5,7,10,20H,6H2,1H3,(H,17,21). The fraction of sp³-hybridized carbons (Fsp3) is 0.214. The van der Waals surface area contributed by atoms with E-state index in [0.29, 0.717) is 25.9 Å². The van der Waals surface area contributed by atoms with Gasteiger partial charge in [0.15, 0.2) is 5.65 Å². The maximum absolute atomic E-state index is 12.1. The first-order valence-corrected chi connectivity index (χ1v) is 7.72. The predicted octanol–water partition coefficient (Wildman–Crippen LogP) is 2.15. The molecule has 8 heteroatoms. The molecule has 0 fully saturated rings. The van der Waals surface area contributed by atoms with Gasteiger partial charge in [-0.15, -0.1) is 11.3 Å². The van der Waals surface area contributed by atoms with Gasteiger partial charge in [-0.1, -0.05) is 11.6 Å². The summed E-state index contributed by atoms with van der Waals surface area (Å²) in [6.07, 6.45) is 2.35. The average molecular weight is 337 g/mol. The minimum absolute atomic E-state index is 0.107. The number of carbonyl (C=O) groups excluding carboxylic acids is 1. The third-order valence-electron chi connectivity index (χ3n) is 3.19. The van der Waals surface area contributed by atoms with Crippen molar-refractivity contribution < 1.29 is 9.90 Å². The van der Waals surface area contributed by atoms with Crippen molar-refractivity contribution in [2.75, 3.05) is 6.54 Å². The molecule has 0 aromatic carbocycles. The number of amides is 1. The first kappa shape index (κ1) is 15.0. The fourth-order valence-corrected chi connectivity index (χ4v) is 3.09. The Bertz CT molecular complexity index is 829. The van der Waals surface area contributed by atoms with Gasteiger partial charge in [0, 0.05) is 24.7 Å². The van der Waals surface area contributed by atoms with Crippen molar-refractivity contribution in [3.05, 3.63) is 45.5 Å². The van der Waals surface area contributed by atoms with E-state index in [0.717, 1.165) is 0 Å². The third-order valence-corrected chi connectivity index (χ3v) is 4.52. The number of carbonyl (C=O) groups is 1. The molecule has 3 aromatic rings. The number of aliphatic hydroxyl groups excluding tert-OH is 1. The van der Waals surface area contributed by atoms with E-state index in [1.807, 2.05) is 7.05 Å². The summed E-state index contributed by atoms with van der Waals surface area (Å²) in [6, 6.07) is 5.13. The number of pyridine rings is 1. The summed E-state index contributed by atoms with van der Waals surface area (Å²) in [5.74, 6) is -0.304. The summed E-state index contributed by atoms with van der Waals surface area (Å²) in [5, 5.41) is 12.7. The lowest BCUT2D eigenvalue weighted by atomic mass is 10.2. The minimum Gasteiger partial charge on any atom is -0.386 e. The van der Waals surface area contributed by atoms with E-state index >= 15 is 0 Å². The number of aromatic nitrogens is 3. The summed E-state index contributed by atoms with van der Waals surface area (Å²) in [6.45, 7) is 0.107. The van der Waals surface area contributed by atoms with Crippen LogP contribution < -0.4 is 5.32 Å². The molecular formula is C14H13ClN4O2S. The van der Waals surface area contributed by atoms with Crippen molar-refractivity contribution in [2.24, 2.45) is 7.05 Å². The second-order valence-corrected chi connectivity index (χ2v) is 6.54. The van der Waals surface area contributed by atoms with Crippen LogP contribution in [0.5, 0.6) is 0 Å². The predicted molar refractivity (Wildman–Crippen MR) is 85.1 cm³/mol. The van der Waals surface area contributed by atoms with Gasteiger partial charge in [0.05, 0.1) is 16.2 Å². The summed E-state index contributed by atoms with van der Waals surface area (Å²) in [4.78, 5) is 21.2. The first-order chi connectivity index (χ1) is 10.5. The fourth-order valence-electron chi connectivity index (χ4n) is 2.04. The van der Waals surface area contributed by atoms with Crippen molar-refractivity contribution in [1.82, 2.24) is 19.9 Å². The monoisotopic (exact) mass is 336 g/mol. The van der Waals surface area contributed by atoms with Gasteiger partial charge < -0.3 is 15.0 Å². The highest BCUT2D eigenvalue weighted by Crippen LogP contribution is 2.26. The maximum Gasteiger partial charge on any atom is 0.253 e. The maximum atomic E-state index is 12.1. The molecule has 0 saturated carbocycles. The number of fused-ring (bicyclic) bond motifs is 1. The first-order valence-electron chi connectivity index (χ1n) is 6.53. The molecule has 0 aliphatic carbocycles. The van der Waals surface area contributed by atoms with E-state index in [4.69, 9.17) is 11.6 Å². The largest absolute Gasteiger partial charge is 0.386 e. The Morgan fingerprint density at radius 2 is 2.32 bits per heavy atom. The van der Waals surface area contributed by atoms with E-state index in [-0.39, 0.29) is 12.5 Å². The van der Waals surface area contributed by atoms with Crippen molar-refractivity contribution in [1.29, 1.82) is 0 Å². The quantitative estimate of drug-likeness (QED) is 0.765. The van der Waals surface area contributed by atoms with Crippen molar-refractivity contribution in [3.8, 4) is 0 Å². The Morgan fingerprint density at radius 3 is 3.05 bits per heavy atom. The zero-order chi connectivity index (χ0) is 15.7. The Labute approximate surface area is 135 Å². The molecule has 0 saturated heterocycles. The number of rotatable bonds is 4. The van der Waals surface area contributed by atoms with Crippen LogP contribution in [0.4, 0.5) is 0 Å². The molecule has 3 aromatic heterocycles. The lowest BCUT2D eigenvalue weighted by Gasteiger charge is -2.10. The molecule has 1 amide bonds. The van der Waals surface area contributed by atoms with Crippen LogP contribution in [0.25, 0.3) is 11.2 Å². The number of imidazole rings is 1. The molecular weight excluding hydrogens is 324 g/mol. The Hall–Kier alpha value is -1.96. The van der Waals surface area contributed by atoms with Crippen LogP contribution in [0.15, 0.2) is 30.7 Å². The number of nitrogens with one attached hydrogen (secondary N) is 1. The zero-order valence-electron chi connectivity index (χ0n) is 11.7. The lowest BCUT2D eigenvalue weighted by molar-refractivity contribution is 0.0918. The van der Waals surface area contributed by atoms with Gasteiger partial charge in [-0.2, -0.15) is 0 Å². The lowest BCUT2D eigenvalue weighted by Crippen LogP contribution is -2.28. The second kappa shape index (κ2) is 6.04. The van der Waals surface area contributed by atoms with E-state index in [1.54, 1.807) is 29.1 Å². The number of aryl methyl sites for hydroxylation is 1. The molecule has 114 valence electrons. The molecule has 1 unspecified atom stereocenters. The van der Waals surface area contributed by atoms with Crippen molar-refractivity contribution in [3.63, 3.8) is 0 Å². The van der Waals surface area contributed by atoms with Gasteiger partial charge in [-0.05, 0) is 18.2 Å². The highest BCUT2D eigenvalue weighted by Gasteiger charge is 2.14. The average Bonchev–Trinajstić information content (AvgIpc) is 3.11. The van der Waals surface area contributed by atoms with Crippen LogP contribution in [-0.2, 0) is 7.05 Å². The van der Waals surface area contributed by atoms with Crippen LogP contribution in [0, 0.1) is 0 Å².